The first kappa shape index (κ1) is 12.2. The Morgan fingerprint density at radius 1 is 1.16 bits per heavy atom. The highest BCUT2D eigenvalue weighted by Gasteiger charge is 2.10. The van der Waals surface area contributed by atoms with Gasteiger partial charge in [0.25, 0.3) is 0 Å². The lowest BCUT2D eigenvalue weighted by Gasteiger charge is -2.07. The van der Waals surface area contributed by atoms with Gasteiger partial charge in [-0.15, -0.1) is 0 Å². The van der Waals surface area contributed by atoms with E-state index in [1.807, 2.05) is 30.3 Å². The Hall–Kier alpha value is -1.81. The van der Waals surface area contributed by atoms with Crippen molar-refractivity contribution in [3.05, 3.63) is 45.9 Å². The van der Waals surface area contributed by atoms with Crippen molar-refractivity contribution < 1.29 is 0 Å². The van der Waals surface area contributed by atoms with Crippen LogP contribution in [-0.4, -0.2) is 9.97 Å². The van der Waals surface area contributed by atoms with Crippen molar-refractivity contribution in [2.75, 3.05) is 5.73 Å². The second-order valence-electron chi connectivity index (χ2n) is 4.76. The molecule has 3 aromatic rings. The standard InChI is InChI=1S/C15H14BrN3/c1-8-5-11(17)7-12(9(8)2)15-18-13-4-3-10(16)6-14(13)19-15/h3-7H,17H2,1-2H3,(H,18,19). The van der Waals surface area contributed by atoms with Gasteiger partial charge in [0.15, 0.2) is 0 Å². The molecule has 0 aliphatic heterocycles. The molecule has 0 amide bonds. The Morgan fingerprint density at radius 3 is 2.74 bits per heavy atom. The molecule has 2 aromatic carbocycles. The molecule has 96 valence electrons. The number of aryl methyl sites for hydroxylation is 1. The van der Waals surface area contributed by atoms with Crippen molar-refractivity contribution >= 4 is 32.7 Å². The number of rotatable bonds is 1. The average Bonchev–Trinajstić information content (AvgIpc) is 2.76. The van der Waals surface area contributed by atoms with E-state index in [1.165, 1.54) is 11.1 Å². The van der Waals surface area contributed by atoms with Crippen LogP contribution in [0.1, 0.15) is 11.1 Å². The van der Waals surface area contributed by atoms with E-state index in [9.17, 15) is 0 Å². The molecule has 0 saturated heterocycles. The lowest BCUT2D eigenvalue weighted by atomic mass is 10.0. The molecule has 0 saturated carbocycles. The molecule has 0 aliphatic rings. The van der Waals surface area contributed by atoms with Crippen molar-refractivity contribution in [2.45, 2.75) is 13.8 Å². The van der Waals surface area contributed by atoms with E-state index < -0.39 is 0 Å². The number of hydrogen-bond donors (Lipinski definition) is 2. The van der Waals surface area contributed by atoms with E-state index in [2.05, 4.69) is 39.7 Å². The largest absolute Gasteiger partial charge is 0.399 e. The maximum absolute atomic E-state index is 5.93. The predicted molar refractivity (Wildman–Crippen MR) is 83.1 cm³/mol. The van der Waals surface area contributed by atoms with Gasteiger partial charge < -0.3 is 10.7 Å². The monoisotopic (exact) mass is 315 g/mol. The fourth-order valence-electron chi connectivity index (χ4n) is 2.24. The number of halogens is 1. The van der Waals surface area contributed by atoms with Crippen LogP contribution in [-0.2, 0) is 0 Å². The zero-order valence-electron chi connectivity index (χ0n) is 10.8. The van der Waals surface area contributed by atoms with Gasteiger partial charge in [0.2, 0.25) is 0 Å². The van der Waals surface area contributed by atoms with Gasteiger partial charge in [0.1, 0.15) is 5.82 Å². The van der Waals surface area contributed by atoms with Crippen molar-refractivity contribution in [1.29, 1.82) is 0 Å². The summed E-state index contributed by atoms with van der Waals surface area (Å²) in [5.74, 6) is 0.862. The Kier molecular flexibility index (Phi) is 2.82. The molecule has 0 aliphatic carbocycles. The number of nitrogen functional groups attached to an aromatic ring is 1. The molecule has 4 heteroatoms. The topological polar surface area (TPSA) is 54.7 Å². The number of aromatic amines is 1. The van der Waals surface area contributed by atoms with Crippen LogP contribution in [0.5, 0.6) is 0 Å². The van der Waals surface area contributed by atoms with Crippen LogP contribution >= 0.6 is 15.9 Å². The van der Waals surface area contributed by atoms with Crippen LogP contribution in [0.3, 0.4) is 0 Å². The Balaban J connectivity index is 2.24. The SMILES string of the molecule is Cc1cc(N)cc(-c2nc3ccc(Br)cc3[nH]2)c1C. The molecular formula is C15H14BrN3. The second-order valence-corrected chi connectivity index (χ2v) is 5.67. The minimum Gasteiger partial charge on any atom is -0.399 e. The van der Waals surface area contributed by atoms with E-state index >= 15 is 0 Å². The number of nitrogens with one attached hydrogen (secondary N) is 1. The van der Waals surface area contributed by atoms with Crippen LogP contribution in [0, 0.1) is 13.8 Å². The number of nitrogens with zero attached hydrogens (tertiary/aromatic N) is 1. The summed E-state index contributed by atoms with van der Waals surface area (Å²) in [7, 11) is 0. The van der Waals surface area contributed by atoms with Crippen molar-refractivity contribution in [3.8, 4) is 11.4 Å². The Bertz CT molecular complexity index is 774. The van der Waals surface area contributed by atoms with Gasteiger partial charge in [-0.25, -0.2) is 4.98 Å². The lowest BCUT2D eigenvalue weighted by molar-refractivity contribution is 1.27. The number of H-pyrrole nitrogens is 1. The molecule has 3 nitrogen and oxygen atoms in total. The van der Waals surface area contributed by atoms with Crippen molar-refractivity contribution in [1.82, 2.24) is 9.97 Å². The van der Waals surface area contributed by atoms with Gasteiger partial charge in [-0.3, -0.25) is 0 Å². The van der Waals surface area contributed by atoms with E-state index in [4.69, 9.17) is 5.73 Å². The predicted octanol–water partition coefficient (Wildman–Crippen LogP) is 4.19. The van der Waals surface area contributed by atoms with Gasteiger partial charge in [-0.05, 0) is 55.3 Å². The van der Waals surface area contributed by atoms with Crippen molar-refractivity contribution in [2.24, 2.45) is 0 Å². The third-order valence-electron chi connectivity index (χ3n) is 3.39. The van der Waals surface area contributed by atoms with Gasteiger partial charge in [-0.2, -0.15) is 0 Å². The molecule has 0 spiro atoms. The summed E-state index contributed by atoms with van der Waals surface area (Å²) in [5, 5.41) is 0. The maximum Gasteiger partial charge on any atom is 0.138 e. The summed E-state index contributed by atoms with van der Waals surface area (Å²) in [5.41, 5.74) is 12.1. The van der Waals surface area contributed by atoms with E-state index in [-0.39, 0.29) is 0 Å². The molecule has 0 fully saturated rings. The normalized spacial score (nSPS) is 11.1. The number of imidazole rings is 1. The molecule has 3 N–H and O–H groups in total. The Morgan fingerprint density at radius 2 is 1.95 bits per heavy atom. The number of anilines is 1. The highest BCUT2D eigenvalue weighted by Crippen LogP contribution is 2.28. The van der Waals surface area contributed by atoms with Gasteiger partial charge in [0, 0.05) is 15.7 Å². The summed E-state index contributed by atoms with van der Waals surface area (Å²) in [6, 6.07) is 9.96. The fraction of sp³-hybridized carbons (Fsp3) is 0.133. The zero-order chi connectivity index (χ0) is 13.6. The number of benzene rings is 2. The number of nitrogens with two attached hydrogens (primary N) is 1. The first-order valence-electron chi connectivity index (χ1n) is 6.07. The number of fused-ring (bicyclic) bond motifs is 1. The van der Waals surface area contributed by atoms with E-state index in [0.717, 1.165) is 32.6 Å². The van der Waals surface area contributed by atoms with Gasteiger partial charge in [-0.1, -0.05) is 15.9 Å². The average molecular weight is 316 g/mol. The van der Waals surface area contributed by atoms with Crippen LogP contribution in [0.25, 0.3) is 22.4 Å². The zero-order valence-corrected chi connectivity index (χ0v) is 12.4. The van der Waals surface area contributed by atoms with Crippen LogP contribution in [0.4, 0.5) is 5.69 Å². The molecule has 0 unspecified atom stereocenters. The van der Waals surface area contributed by atoms with E-state index in [0.29, 0.717) is 0 Å². The highest BCUT2D eigenvalue weighted by molar-refractivity contribution is 9.10. The molecule has 0 atom stereocenters. The third-order valence-corrected chi connectivity index (χ3v) is 3.88. The quantitative estimate of drug-likeness (QED) is 0.661. The first-order chi connectivity index (χ1) is 9.04. The molecule has 0 bridgehead atoms. The third kappa shape index (κ3) is 2.12. The molecule has 1 aromatic heterocycles. The smallest absolute Gasteiger partial charge is 0.138 e. The van der Waals surface area contributed by atoms with Crippen molar-refractivity contribution in [3.63, 3.8) is 0 Å². The van der Waals surface area contributed by atoms with Gasteiger partial charge >= 0.3 is 0 Å². The van der Waals surface area contributed by atoms with Gasteiger partial charge in [0.05, 0.1) is 11.0 Å². The molecular weight excluding hydrogens is 302 g/mol. The van der Waals surface area contributed by atoms with Crippen LogP contribution in [0.15, 0.2) is 34.8 Å². The molecule has 0 radical (unpaired) electrons. The summed E-state index contributed by atoms with van der Waals surface area (Å²) < 4.78 is 1.04. The number of aromatic nitrogens is 2. The summed E-state index contributed by atoms with van der Waals surface area (Å²) in [6.07, 6.45) is 0. The minimum absolute atomic E-state index is 0.764. The van der Waals surface area contributed by atoms with Crippen LogP contribution in [0.2, 0.25) is 0 Å². The summed E-state index contributed by atoms with van der Waals surface area (Å²) >= 11 is 3.47. The second kappa shape index (κ2) is 4.38. The molecule has 19 heavy (non-hydrogen) atoms. The van der Waals surface area contributed by atoms with Crippen LogP contribution < -0.4 is 5.73 Å². The summed E-state index contributed by atoms with van der Waals surface area (Å²) in [6.45, 7) is 4.15. The Labute approximate surface area is 120 Å². The number of hydrogen-bond acceptors (Lipinski definition) is 2. The fourth-order valence-corrected chi connectivity index (χ4v) is 2.60. The van der Waals surface area contributed by atoms with E-state index in [1.54, 1.807) is 0 Å². The minimum atomic E-state index is 0.764. The molecule has 3 rings (SSSR count). The lowest BCUT2D eigenvalue weighted by Crippen LogP contribution is -1.93. The highest BCUT2D eigenvalue weighted by atomic mass is 79.9. The summed E-state index contributed by atoms with van der Waals surface area (Å²) in [4.78, 5) is 7.99. The molecule has 1 heterocycles. The maximum atomic E-state index is 5.93. The first-order valence-corrected chi connectivity index (χ1v) is 6.86.